The van der Waals surface area contributed by atoms with Gasteiger partial charge in [0.15, 0.2) is 0 Å². The molecule has 0 aliphatic carbocycles. The second kappa shape index (κ2) is 5.70. The highest BCUT2D eigenvalue weighted by Gasteiger charge is 2.44. The normalized spacial score (nSPS) is 20.8. The van der Waals surface area contributed by atoms with Crippen molar-refractivity contribution in [3.8, 4) is 0 Å². The number of rotatable bonds is 3. The van der Waals surface area contributed by atoms with E-state index in [0.717, 1.165) is 5.69 Å². The van der Waals surface area contributed by atoms with Gasteiger partial charge in [0.05, 0.1) is 6.04 Å². The summed E-state index contributed by atoms with van der Waals surface area (Å²) in [6.07, 6.45) is -5.73. The van der Waals surface area contributed by atoms with Crippen molar-refractivity contribution in [2.75, 3.05) is 11.4 Å². The van der Waals surface area contributed by atoms with Crippen LogP contribution in [0.5, 0.6) is 0 Å². The number of alkyl halides is 3. The molecule has 1 N–H and O–H groups in total. The first-order valence-electron chi connectivity index (χ1n) is 6.17. The molecule has 2 rings (SSSR count). The molecular weight excluding hydrogens is 275 g/mol. The quantitative estimate of drug-likeness (QED) is 0.683. The average Bonchev–Trinajstić information content (AvgIpc) is 2.87. The molecule has 0 saturated carbocycles. The van der Waals surface area contributed by atoms with E-state index in [0.29, 0.717) is 19.4 Å². The molecule has 1 aromatic carbocycles. The Bertz CT molecular complexity index is 464. The summed E-state index contributed by atoms with van der Waals surface area (Å²) in [5.74, 6) is -2.37. The second-order valence-corrected chi connectivity index (χ2v) is 4.53. The number of ether oxygens (including phenoxy) is 1. The molecule has 1 saturated heterocycles. The number of esters is 1. The van der Waals surface area contributed by atoms with E-state index in [9.17, 15) is 23.1 Å². The molecule has 1 aromatic rings. The summed E-state index contributed by atoms with van der Waals surface area (Å²) < 4.78 is 40.5. The van der Waals surface area contributed by atoms with Gasteiger partial charge < -0.3 is 14.7 Å². The molecule has 110 valence electrons. The number of nitrogens with zero attached hydrogens (tertiary/aromatic N) is 1. The molecule has 1 aliphatic rings. The van der Waals surface area contributed by atoms with Crippen molar-refractivity contribution in [3.05, 3.63) is 30.3 Å². The lowest BCUT2D eigenvalue weighted by Crippen LogP contribution is -2.43. The number of carbonyl (C=O) groups excluding carboxylic acids is 1. The third-order valence-electron chi connectivity index (χ3n) is 3.18. The molecule has 0 spiro atoms. The van der Waals surface area contributed by atoms with Crippen LogP contribution in [0.4, 0.5) is 18.9 Å². The molecule has 0 radical (unpaired) electrons. The van der Waals surface area contributed by atoms with Crippen molar-refractivity contribution in [2.24, 2.45) is 0 Å². The van der Waals surface area contributed by atoms with Gasteiger partial charge in [-0.25, -0.2) is 4.79 Å². The van der Waals surface area contributed by atoms with Gasteiger partial charge in [0.25, 0.3) is 0 Å². The van der Waals surface area contributed by atoms with Gasteiger partial charge >= 0.3 is 12.1 Å². The highest BCUT2D eigenvalue weighted by atomic mass is 19.4. The maximum absolute atomic E-state index is 12.1. The van der Waals surface area contributed by atoms with Crippen molar-refractivity contribution in [3.63, 3.8) is 0 Å². The summed E-state index contributed by atoms with van der Waals surface area (Å²) in [6.45, 7) is 0.593. The van der Waals surface area contributed by atoms with Gasteiger partial charge in [-0.3, -0.25) is 0 Å². The Kier molecular flexibility index (Phi) is 4.17. The summed E-state index contributed by atoms with van der Waals surface area (Å²) >= 11 is 0. The van der Waals surface area contributed by atoms with Gasteiger partial charge in [-0.15, -0.1) is 0 Å². The number of aliphatic hydroxyl groups is 1. The smallest absolute Gasteiger partial charge is 0.427 e. The second-order valence-electron chi connectivity index (χ2n) is 4.53. The van der Waals surface area contributed by atoms with Crippen molar-refractivity contribution in [1.82, 2.24) is 0 Å². The lowest BCUT2D eigenvalue weighted by Gasteiger charge is -2.30. The van der Waals surface area contributed by atoms with Crippen LogP contribution in [-0.4, -0.2) is 36.1 Å². The fourth-order valence-corrected chi connectivity index (χ4v) is 2.28. The third-order valence-corrected chi connectivity index (χ3v) is 3.18. The topological polar surface area (TPSA) is 49.8 Å². The van der Waals surface area contributed by atoms with Gasteiger partial charge in [-0.05, 0) is 25.0 Å². The van der Waals surface area contributed by atoms with Crippen LogP contribution in [0, 0.1) is 0 Å². The zero-order chi connectivity index (χ0) is 14.8. The Morgan fingerprint density at radius 1 is 1.35 bits per heavy atom. The van der Waals surface area contributed by atoms with Crippen LogP contribution < -0.4 is 4.90 Å². The van der Waals surface area contributed by atoms with Crippen molar-refractivity contribution in [1.29, 1.82) is 0 Å². The van der Waals surface area contributed by atoms with Gasteiger partial charge in [0.2, 0.25) is 6.29 Å². The number of halogens is 3. The predicted octanol–water partition coefficient (Wildman–Crippen LogP) is 2.08. The van der Waals surface area contributed by atoms with Crippen LogP contribution in [0.2, 0.25) is 0 Å². The number of para-hydroxylation sites is 1. The van der Waals surface area contributed by atoms with Crippen LogP contribution in [-0.2, 0) is 9.53 Å². The average molecular weight is 289 g/mol. The molecule has 4 nitrogen and oxygen atoms in total. The molecule has 2 atom stereocenters. The van der Waals surface area contributed by atoms with Crippen molar-refractivity contribution >= 4 is 11.7 Å². The number of benzene rings is 1. The van der Waals surface area contributed by atoms with Crippen LogP contribution in [0.1, 0.15) is 12.8 Å². The SMILES string of the molecule is O=C(OC(O)C1CCCN1c1ccccc1)C(F)(F)F. The van der Waals surface area contributed by atoms with Gasteiger partial charge in [-0.2, -0.15) is 13.2 Å². The summed E-state index contributed by atoms with van der Waals surface area (Å²) in [7, 11) is 0. The van der Waals surface area contributed by atoms with E-state index < -0.39 is 24.5 Å². The Morgan fingerprint density at radius 2 is 2.00 bits per heavy atom. The molecule has 0 aromatic heterocycles. The van der Waals surface area contributed by atoms with E-state index in [1.54, 1.807) is 29.2 Å². The summed E-state index contributed by atoms with van der Waals surface area (Å²) in [5, 5.41) is 9.73. The Balaban J connectivity index is 2.06. The minimum absolute atomic E-state index is 0.460. The van der Waals surface area contributed by atoms with E-state index >= 15 is 0 Å². The van der Waals surface area contributed by atoms with Gasteiger partial charge in [-0.1, -0.05) is 18.2 Å². The lowest BCUT2D eigenvalue weighted by atomic mass is 10.2. The van der Waals surface area contributed by atoms with Crippen LogP contribution in [0.25, 0.3) is 0 Å². The zero-order valence-corrected chi connectivity index (χ0v) is 10.5. The molecule has 1 fully saturated rings. The van der Waals surface area contributed by atoms with E-state index in [1.807, 2.05) is 6.07 Å². The minimum Gasteiger partial charge on any atom is -0.427 e. The molecule has 1 heterocycles. The molecular formula is C13H14F3NO3. The van der Waals surface area contributed by atoms with Crippen LogP contribution >= 0.6 is 0 Å². The number of aliphatic hydroxyl groups excluding tert-OH is 1. The zero-order valence-electron chi connectivity index (χ0n) is 10.5. The fraction of sp³-hybridized carbons (Fsp3) is 0.462. The van der Waals surface area contributed by atoms with E-state index in [4.69, 9.17) is 0 Å². The van der Waals surface area contributed by atoms with Crippen LogP contribution in [0.3, 0.4) is 0 Å². The molecule has 1 aliphatic heterocycles. The molecule has 2 unspecified atom stereocenters. The van der Waals surface area contributed by atoms with Gasteiger partial charge in [0.1, 0.15) is 0 Å². The van der Waals surface area contributed by atoms with Gasteiger partial charge in [0, 0.05) is 12.2 Å². The van der Waals surface area contributed by atoms with E-state index in [2.05, 4.69) is 4.74 Å². The van der Waals surface area contributed by atoms with Crippen molar-refractivity contribution < 1.29 is 27.8 Å². The number of hydrogen-bond donors (Lipinski definition) is 1. The predicted molar refractivity (Wildman–Crippen MR) is 65.0 cm³/mol. The minimum atomic E-state index is -5.10. The first-order valence-corrected chi connectivity index (χ1v) is 6.17. The Morgan fingerprint density at radius 3 is 2.60 bits per heavy atom. The van der Waals surface area contributed by atoms with E-state index in [-0.39, 0.29) is 0 Å². The van der Waals surface area contributed by atoms with E-state index in [1.165, 1.54) is 0 Å². The first-order chi connectivity index (χ1) is 9.39. The Hall–Kier alpha value is -1.76. The molecule has 0 amide bonds. The first kappa shape index (κ1) is 14.6. The Labute approximate surface area is 113 Å². The third kappa shape index (κ3) is 3.22. The summed E-state index contributed by atoms with van der Waals surface area (Å²) in [5.41, 5.74) is 0.775. The molecule has 7 heteroatoms. The maximum atomic E-state index is 12.1. The number of anilines is 1. The number of hydrogen-bond acceptors (Lipinski definition) is 4. The molecule has 20 heavy (non-hydrogen) atoms. The lowest BCUT2D eigenvalue weighted by molar-refractivity contribution is -0.221. The highest BCUT2D eigenvalue weighted by Crippen LogP contribution is 2.28. The van der Waals surface area contributed by atoms with Crippen LogP contribution in [0.15, 0.2) is 30.3 Å². The fourth-order valence-electron chi connectivity index (χ4n) is 2.28. The maximum Gasteiger partial charge on any atom is 0.491 e. The largest absolute Gasteiger partial charge is 0.491 e. The number of carbonyl (C=O) groups is 1. The van der Waals surface area contributed by atoms with Crippen molar-refractivity contribution in [2.45, 2.75) is 31.3 Å². The standard InChI is InChI=1S/C13H14F3NO3/c14-13(15,16)12(19)20-11(18)10-7-4-8-17(10)9-5-2-1-3-6-9/h1-3,5-6,10-11,18H,4,7-8H2. The monoisotopic (exact) mass is 289 g/mol. The molecule has 0 bridgehead atoms. The summed E-state index contributed by atoms with van der Waals surface area (Å²) in [6, 6.07) is 8.31. The highest BCUT2D eigenvalue weighted by molar-refractivity contribution is 5.75. The summed E-state index contributed by atoms with van der Waals surface area (Å²) in [4.78, 5) is 12.5.